The van der Waals surface area contributed by atoms with Crippen molar-refractivity contribution in [2.24, 2.45) is 28.6 Å². The Morgan fingerprint density at radius 3 is 2.26 bits per heavy atom. The van der Waals surface area contributed by atoms with Gasteiger partial charge in [-0.15, -0.1) is 0 Å². The van der Waals surface area contributed by atoms with Gasteiger partial charge in [-0.05, 0) is 79.6 Å². The third-order valence-electron chi connectivity index (χ3n) is 7.91. The Labute approximate surface area is 204 Å². The summed E-state index contributed by atoms with van der Waals surface area (Å²) in [6, 6.07) is 0. The summed E-state index contributed by atoms with van der Waals surface area (Å²) in [5.74, 6) is 2.57. The van der Waals surface area contributed by atoms with Crippen LogP contribution in [-0.2, 0) is 15.2 Å². The number of hydrogen-bond acceptors (Lipinski definition) is 4. The predicted octanol–water partition coefficient (Wildman–Crippen LogP) is 2.58. The minimum absolute atomic E-state index is 0. The summed E-state index contributed by atoms with van der Waals surface area (Å²) in [5, 5.41) is 10.4. The van der Waals surface area contributed by atoms with Crippen molar-refractivity contribution in [1.29, 1.82) is 0 Å². The topological polar surface area (TPSA) is 112 Å². The van der Waals surface area contributed by atoms with Crippen LogP contribution in [0.3, 0.4) is 0 Å². The third-order valence-corrected chi connectivity index (χ3v) is 7.91. The fourth-order valence-electron chi connectivity index (χ4n) is 6.53. The molecule has 0 aromatic heterocycles. The number of carbonyl (C=O) groups excluding carboxylic acids is 1. The number of carbonyl (C=O) groups is 1. The molecule has 0 aromatic rings. The molecule has 0 heterocycles. The van der Waals surface area contributed by atoms with Gasteiger partial charge in [-0.1, -0.05) is 19.4 Å². The molecular formula is C19H31KO6S. The molecule has 8 heteroatoms. The van der Waals surface area contributed by atoms with Crippen molar-refractivity contribution in [2.45, 2.75) is 71.3 Å². The van der Waals surface area contributed by atoms with E-state index in [1.54, 1.807) is 0 Å². The fourth-order valence-corrected chi connectivity index (χ4v) is 6.53. The van der Waals surface area contributed by atoms with Crippen LogP contribution >= 0.6 is 0 Å². The molecule has 0 radical (unpaired) electrons. The average Bonchev–Trinajstić information content (AvgIpc) is 2.82. The molecule has 3 saturated carbocycles. The van der Waals surface area contributed by atoms with Gasteiger partial charge in [0.2, 0.25) is 0 Å². The number of allylic oxidation sites excluding steroid dienone is 1. The molecule has 150 valence electrons. The van der Waals surface area contributed by atoms with Gasteiger partial charge in [0, 0.05) is 6.42 Å². The Hall–Kier alpha value is 0.876. The Kier molecular flexibility index (Phi) is 7.65. The van der Waals surface area contributed by atoms with Gasteiger partial charge in [-0.2, -0.15) is 8.42 Å². The van der Waals surface area contributed by atoms with E-state index in [1.165, 1.54) is 31.3 Å². The quantitative estimate of drug-likeness (QED) is 0.405. The van der Waals surface area contributed by atoms with Gasteiger partial charge in [0.15, 0.2) is 5.78 Å². The van der Waals surface area contributed by atoms with Crippen molar-refractivity contribution in [3.05, 3.63) is 11.6 Å². The van der Waals surface area contributed by atoms with Crippen LogP contribution in [0.4, 0.5) is 0 Å². The summed E-state index contributed by atoms with van der Waals surface area (Å²) in [6.07, 6.45) is 10.7. The minimum atomic E-state index is -4.67. The summed E-state index contributed by atoms with van der Waals surface area (Å²) in [7, 11) is -4.67. The fraction of sp³-hybridized carbons (Fsp3) is 0.842. The molecule has 0 amide bonds. The zero-order valence-electron chi connectivity index (χ0n) is 15.5. The standard InChI is InChI=1S/C19H28O2.K.H2O4S.H/c1-18-9-7-13(20)11-12(18)3-4-14-15-5-6-17(21)19(15,2)10-8-16(14)18;;1-5(2,3)4;/h11,14-17,21H,3-10H2,1-2H3;;(H2,1,2,3,4);/t14-,15-,16-,17-,18-,19-;;;/m0.../s1. The maximum atomic E-state index is 11.8. The number of aliphatic hydroxyl groups is 1. The van der Waals surface area contributed by atoms with Crippen LogP contribution < -0.4 is 0 Å². The molecule has 0 bridgehead atoms. The van der Waals surface area contributed by atoms with Crippen molar-refractivity contribution in [3.63, 3.8) is 0 Å². The van der Waals surface area contributed by atoms with Gasteiger partial charge < -0.3 is 5.11 Å². The van der Waals surface area contributed by atoms with Gasteiger partial charge in [0.05, 0.1) is 6.10 Å². The SMILES string of the molecule is C[C@]12CC[C@H]3[C@@H](CCC4=CC(=O)CC[C@@]43C)[C@@H]1CC[C@@H]2O.O=S(=O)(O)O.[KH]. The summed E-state index contributed by atoms with van der Waals surface area (Å²) in [5.41, 5.74) is 1.89. The molecule has 27 heavy (non-hydrogen) atoms. The van der Waals surface area contributed by atoms with Gasteiger partial charge in [-0.3, -0.25) is 13.9 Å². The number of aliphatic hydroxyl groups excluding tert-OH is 1. The summed E-state index contributed by atoms with van der Waals surface area (Å²) >= 11 is 0. The average molecular weight is 427 g/mol. The van der Waals surface area contributed by atoms with Crippen LogP contribution in [0.25, 0.3) is 0 Å². The summed E-state index contributed by atoms with van der Waals surface area (Å²) < 4.78 is 31.6. The zero-order chi connectivity index (χ0) is 19.3. The molecule has 3 fully saturated rings. The number of fused-ring (bicyclic) bond motifs is 5. The zero-order valence-corrected chi connectivity index (χ0v) is 16.3. The Morgan fingerprint density at radius 2 is 1.63 bits per heavy atom. The van der Waals surface area contributed by atoms with Crippen molar-refractivity contribution in [3.8, 4) is 0 Å². The third kappa shape index (κ3) is 4.80. The van der Waals surface area contributed by atoms with Crippen LogP contribution in [0.1, 0.15) is 65.2 Å². The number of hydrogen-bond donors (Lipinski definition) is 3. The Morgan fingerprint density at radius 1 is 1.00 bits per heavy atom. The van der Waals surface area contributed by atoms with E-state index in [4.69, 9.17) is 17.5 Å². The van der Waals surface area contributed by atoms with Gasteiger partial charge in [0.1, 0.15) is 0 Å². The second-order valence-corrected chi connectivity index (χ2v) is 9.95. The van der Waals surface area contributed by atoms with E-state index < -0.39 is 10.4 Å². The van der Waals surface area contributed by atoms with Crippen LogP contribution in [0.2, 0.25) is 0 Å². The molecule has 4 rings (SSSR count). The van der Waals surface area contributed by atoms with Crippen LogP contribution in [-0.4, -0.2) is 85.9 Å². The molecule has 0 aromatic carbocycles. The predicted molar refractivity (Wildman–Crippen MR) is 104 cm³/mol. The molecular weight excluding hydrogens is 395 g/mol. The van der Waals surface area contributed by atoms with Gasteiger partial charge in [0.25, 0.3) is 0 Å². The monoisotopic (exact) mass is 426 g/mol. The van der Waals surface area contributed by atoms with Crippen molar-refractivity contribution in [1.82, 2.24) is 0 Å². The van der Waals surface area contributed by atoms with Crippen LogP contribution in [0.5, 0.6) is 0 Å². The van der Waals surface area contributed by atoms with Crippen molar-refractivity contribution < 1.29 is 27.4 Å². The maximum absolute atomic E-state index is 11.8. The van der Waals surface area contributed by atoms with E-state index in [1.807, 2.05) is 6.08 Å². The second kappa shape index (κ2) is 8.55. The summed E-state index contributed by atoms with van der Waals surface area (Å²) in [4.78, 5) is 11.8. The van der Waals surface area contributed by atoms with Crippen LogP contribution in [0.15, 0.2) is 11.6 Å². The first-order valence-corrected chi connectivity index (χ1v) is 11.0. The van der Waals surface area contributed by atoms with E-state index in [-0.39, 0.29) is 68.3 Å². The number of rotatable bonds is 0. The first kappa shape index (κ1) is 24.1. The Balaban J connectivity index is 0.000000390. The Bertz CT molecular complexity index is 712. The van der Waals surface area contributed by atoms with Crippen molar-refractivity contribution >= 4 is 67.6 Å². The van der Waals surface area contributed by atoms with E-state index in [9.17, 15) is 9.90 Å². The molecule has 0 aliphatic heterocycles. The molecule has 0 unspecified atom stereocenters. The first-order chi connectivity index (χ1) is 11.9. The van der Waals surface area contributed by atoms with E-state index >= 15 is 0 Å². The first-order valence-electron chi connectivity index (χ1n) is 9.57. The van der Waals surface area contributed by atoms with Gasteiger partial charge in [-0.25, -0.2) is 0 Å². The van der Waals surface area contributed by atoms with E-state index in [0.29, 0.717) is 11.7 Å². The normalized spacial score (nSPS) is 43.1. The molecule has 0 saturated heterocycles. The van der Waals surface area contributed by atoms with Crippen molar-refractivity contribution in [2.75, 3.05) is 0 Å². The molecule has 4 aliphatic carbocycles. The second-order valence-electron chi connectivity index (χ2n) is 9.05. The molecule has 4 aliphatic rings. The molecule has 3 N–H and O–H groups in total. The molecule has 0 spiro atoms. The van der Waals surface area contributed by atoms with Gasteiger partial charge >= 0.3 is 61.8 Å². The number of ketones is 1. The van der Waals surface area contributed by atoms with E-state index in [0.717, 1.165) is 37.5 Å². The van der Waals surface area contributed by atoms with E-state index in [2.05, 4.69) is 13.8 Å². The van der Waals surface area contributed by atoms with Crippen LogP contribution in [0, 0.1) is 28.6 Å². The molecule has 6 nitrogen and oxygen atoms in total. The summed E-state index contributed by atoms with van der Waals surface area (Å²) in [6.45, 7) is 4.76. The molecule has 6 atom stereocenters.